The Kier molecular flexibility index (Phi) is 6.33. The summed E-state index contributed by atoms with van der Waals surface area (Å²) in [5.41, 5.74) is 4.82. The molecule has 37 heavy (non-hydrogen) atoms. The lowest BCUT2D eigenvalue weighted by molar-refractivity contribution is 0.0286. The zero-order chi connectivity index (χ0) is 26.3. The summed E-state index contributed by atoms with van der Waals surface area (Å²) < 4.78 is 7.68. The lowest BCUT2D eigenvalue weighted by atomic mass is 10.1. The summed E-state index contributed by atoms with van der Waals surface area (Å²) in [6.45, 7) is 9.27. The Bertz CT molecular complexity index is 1460. The first-order valence-corrected chi connectivity index (χ1v) is 12.4. The molecule has 0 bridgehead atoms. The van der Waals surface area contributed by atoms with Crippen molar-refractivity contribution in [2.45, 2.75) is 59.1 Å². The summed E-state index contributed by atoms with van der Waals surface area (Å²) in [5.74, 6) is 1.82. The summed E-state index contributed by atoms with van der Waals surface area (Å²) in [4.78, 5) is 21.6. The van der Waals surface area contributed by atoms with Crippen molar-refractivity contribution in [3.8, 4) is 16.9 Å². The van der Waals surface area contributed by atoms with Crippen molar-refractivity contribution in [3.05, 3.63) is 65.2 Å². The molecule has 5 rings (SSSR count). The second kappa shape index (κ2) is 9.48. The predicted octanol–water partition coefficient (Wildman–Crippen LogP) is 4.50. The maximum atomic E-state index is 12.6. The first-order valence-electron chi connectivity index (χ1n) is 12.4. The third-order valence-corrected chi connectivity index (χ3v) is 6.15. The van der Waals surface area contributed by atoms with E-state index in [-0.39, 0.29) is 12.5 Å². The van der Waals surface area contributed by atoms with Crippen molar-refractivity contribution < 1.29 is 14.6 Å². The number of anilines is 2. The van der Waals surface area contributed by atoms with Crippen LogP contribution in [0.4, 0.5) is 11.6 Å². The van der Waals surface area contributed by atoms with Crippen LogP contribution in [0, 0.1) is 20.8 Å². The van der Waals surface area contributed by atoms with Gasteiger partial charge in [-0.2, -0.15) is 5.10 Å². The maximum absolute atomic E-state index is 12.6. The number of aromatic nitrogens is 4. The molecule has 1 saturated carbocycles. The molecule has 4 aromatic rings. The van der Waals surface area contributed by atoms with Crippen molar-refractivity contribution in [2.75, 3.05) is 11.9 Å². The fourth-order valence-corrected chi connectivity index (χ4v) is 4.22. The normalized spacial score (nSPS) is 13.6. The van der Waals surface area contributed by atoms with Gasteiger partial charge in [0.05, 0.1) is 28.6 Å². The predicted molar refractivity (Wildman–Crippen MR) is 142 cm³/mol. The van der Waals surface area contributed by atoms with E-state index in [1.165, 1.54) is 0 Å². The largest absolute Gasteiger partial charge is 0.488 e. The number of nitrogens with one attached hydrogen (secondary N) is 2. The highest BCUT2D eigenvalue weighted by Crippen LogP contribution is 2.32. The van der Waals surface area contributed by atoms with Crippen LogP contribution in [0.15, 0.2) is 42.7 Å². The van der Waals surface area contributed by atoms with Crippen molar-refractivity contribution in [1.29, 1.82) is 0 Å². The number of rotatable bonds is 8. The van der Waals surface area contributed by atoms with Crippen LogP contribution in [0.3, 0.4) is 0 Å². The number of nitrogens with zero attached hydrogens (tertiary/aromatic N) is 4. The Morgan fingerprint density at radius 1 is 1.16 bits per heavy atom. The molecule has 4 aromatic heterocycles. The Morgan fingerprint density at radius 2 is 1.95 bits per heavy atom. The van der Waals surface area contributed by atoms with Gasteiger partial charge in [0.2, 0.25) is 0 Å². The molecule has 0 radical (unpaired) electrons. The van der Waals surface area contributed by atoms with Gasteiger partial charge in [-0.3, -0.25) is 9.78 Å². The molecule has 9 heteroatoms. The summed E-state index contributed by atoms with van der Waals surface area (Å²) >= 11 is 0. The monoisotopic (exact) mass is 500 g/mol. The highest BCUT2D eigenvalue weighted by atomic mass is 16.5. The van der Waals surface area contributed by atoms with Gasteiger partial charge in [0.15, 0.2) is 5.82 Å². The molecule has 0 aliphatic heterocycles. The van der Waals surface area contributed by atoms with Crippen molar-refractivity contribution in [1.82, 2.24) is 24.9 Å². The highest BCUT2D eigenvalue weighted by molar-refractivity contribution is 5.97. The number of pyridine rings is 3. The molecule has 3 N–H and O–H groups in total. The van der Waals surface area contributed by atoms with Crippen LogP contribution < -0.4 is 15.4 Å². The summed E-state index contributed by atoms with van der Waals surface area (Å²) in [6, 6.07) is 10.1. The minimum absolute atomic E-state index is 0.0611. The van der Waals surface area contributed by atoms with E-state index in [0.29, 0.717) is 34.7 Å². The molecule has 0 spiro atoms. The van der Waals surface area contributed by atoms with Gasteiger partial charge in [-0.25, -0.2) is 9.50 Å². The van der Waals surface area contributed by atoms with Gasteiger partial charge in [0.25, 0.3) is 5.91 Å². The third kappa shape index (κ3) is 5.72. The van der Waals surface area contributed by atoms with Crippen LogP contribution in [-0.2, 0) is 0 Å². The quantitative estimate of drug-likeness (QED) is 0.326. The Balaban J connectivity index is 1.40. The van der Waals surface area contributed by atoms with Crippen LogP contribution in [-0.4, -0.2) is 48.8 Å². The number of fused-ring (bicyclic) bond motifs is 1. The van der Waals surface area contributed by atoms with Crippen molar-refractivity contribution >= 4 is 23.1 Å². The van der Waals surface area contributed by atoms with E-state index >= 15 is 0 Å². The van der Waals surface area contributed by atoms with Gasteiger partial charge in [-0.1, -0.05) is 0 Å². The van der Waals surface area contributed by atoms with Gasteiger partial charge in [0.1, 0.15) is 18.2 Å². The molecule has 1 fully saturated rings. The summed E-state index contributed by atoms with van der Waals surface area (Å²) in [7, 11) is 0. The molecule has 1 aliphatic carbocycles. The minimum atomic E-state index is -0.956. The van der Waals surface area contributed by atoms with Crippen LogP contribution in [0.2, 0.25) is 0 Å². The average molecular weight is 501 g/mol. The Hall–Kier alpha value is -3.98. The van der Waals surface area contributed by atoms with Gasteiger partial charge in [0, 0.05) is 29.6 Å². The zero-order valence-electron chi connectivity index (χ0n) is 21.8. The number of hydrogen-bond acceptors (Lipinski definition) is 7. The van der Waals surface area contributed by atoms with E-state index in [2.05, 4.69) is 25.7 Å². The molecular weight excluding hydrogens is 468 g/mol. The van der Waals surface area contributed by atoms with E-state index < -0.39 is 5.60 Å². The van der Waals surface area contributed by atoms with E-state index in [1.807, 2.05) is 57.3 Å². The number of aryl methyl sites for hydroxylation is 3. The van der Waals surface area contributed by atoms with E-state index in [4.69, 9.17) is 4.74 Å². The van der Waals surface area contributed by atoms with E-state index in [0.717, 1.165) is 40.7 Å². The number of amides is 1. The van der Waals surface area contributed by atoms with Crippen molar-refractivity contribution in [2.24, 2.45) is 0 Å². The number of ether oxygens (including phenoxy) is 1. The first-order chi connectivity index (χ1) is 17.6. The molecular formula is C28H32N6O3. The van der Waals surface area contributed by atoms with Gasteiger partial charge >= 0.3 is 0 Å². The molecule has 0 atom stereocenters. The van der Waals surface area contributed by atoms with Crippen LogP contribution in [0.5, 0.6) is 5.75 Å². The molecule has 1 amide bonds. The average Bonchev–Trinajstić information content (AvgIpc) is 3.53. The van der Waals surface area contributed by atoms with E-state index in [9.17, 15) is 9.90 Å². The van der Waals surface area contributed by atoms with E-state index in [1.54, 1.807) is 24.6 Å². The number of aliphatic hydroxyl groups is 1. The number of hydrogen-bond donors (Lipinski definition) is 3. The maximum Gasteiger partial charge on any atom is 0.253 e. The Morgan fingerprint density at radius 3 is 2.65 bits per heavy atom. The Labute approximate surface area is 215 Å². The van der Waals surface area contributed by atoms with Crippen LogP contribution >= 0.6 is 0 Å². The molecule has 0 saturated heterocycles. The third-order valence-electron chi connectivity index (χ3n) is 6.15. The summed E-state index contributed by atoms with van der Waals surface area (Å²) in [5, 5.41) is 21.0. The molecule has 9 nitrogen and oxygen atoms in total. The van der Waals surface area contributed by atoms with Crippen LogP contribution in [0.1, 0.15) is 54.0 Å². The minimum Gasteiger partial charge on any atom is -0.488 e. The highest BCUT2D eigenvalue weighted by Gasteiger charge is 2.25. The SMILES string of the molecule is Cc1cc(-c2ccn3nc(Nc4cc(C)c(C(=O)NC5CC5)c(C)n4)cc3c2)c(OCC(C)(C)O)cn1. The lowest BCUT2D eigenvalue weighted by Crippen LogP contribution is -2.28. The molecule has 0 aromatic carbocycles. The fourth-order valence-electron chi connectivity index (χ4n) is 4.22. The van der Waals surface area contributed by atoms with Crippen molar-refractivity contribution in [3.63, 3.8) is 0 Å². The zero-order valence-corrected chi connectivity index (χ0v) is 21.8. The molecule has 192 valence electrons. The second-order valence-corrected chi connectivity index (χ2v) is 10.4. The molecule has 4 heterocycles. The molecule has 0 unspecified atom stereocenters. The van der Waals surface area contributed by atoms with Gasteiger partial charge < -0.3 is 20.5 Å². The smallest absolute Gasteiger partial charge is 0.253 e. The van der Waals surface area contributed by atoms with Gasteiger partial charge in [-0.15, -0.1) is 0 Å². The second-order valence-electron chi connectivity index (χ2n) is 10.4. The van der Waals surface area contributed by atoms with Gasteiger partial charge in [-0.05, 0) is 82.9 Å². The fraction of sp³-hybridized carbons (Fsp3) is 0.357. The number of carbonyl (C=O) groups is 1. The van der Waals surface area contributed by atoms with Crippen LogP contribution in [0.25, 0.3) is 16.6 Å². The standard InChI is InChI=1S/C28H32N6O3/c1-16-10-24(30-18(3)26(16)27(35)31-20-6-7-20)32-25-13-21-12-19(8-9-34(21)33-25)22-11-17(2)29-14-23(22)37-15-28(4,5)36/h8-14,20,36H,6-7,15H2,1-5H3,(H,31,35)(H,30,32,33). The number of carbonyl (C=O) groups excluding carboxylic acids is 1. The summed E-state index contributed by atoms with van der Waals surface area (Å²) in [6.07, 6.45) is 5.67. The molecule has 1 aliphatic rings. The first kappa shape index (κ1) is 24.7. The topological polar surface area (TPSA) is 114 Å². The lowest BCUT2D eigenvalue weighted by Gasteiger charge is -2.19.